The zero-order chi connectivity index (χ0) is 10.1. The number of methoxy groups -OCH3 is 1. The van der Waals surface area contributed by atoms with Gasteiger partial charge in [0.25, 0.3) is 0 Å². The molecule has 0 aliphatic carbocycles. The lowest BCUT2D eigenvalue weighted by Crippen LogP contribution is -2.50. The summed E-state index contributed by atoms with van der Waals surface area (Å²) in [6.45, 7) is -0.456. The maximum Gasteiger partial charge on any atom is 0.160 e. The average Bonchev–Trinajstić information content (AvgIpc) is 2.09. The monoisotopic (exact) mass is 179 g/mol. The normalized spacial score (nSPS) is 50.3. The largest absolute Gasteiger partial charge is 0.394 e. The average molecular weight is 179 g/mol. The summed E-state index contributed by atoms with van der Waals surface area (Å²) in [6, 6.07) is 0. The Bertz CT molecular complexity index is 174. The summed E-state index contributed by atoms with van der Waals surface area (Å²) in [4.78, 5) is 0. The summed E-state index contributed by atoms with van der Waals surface area (Å²) in [6.07, 6.45) is -5.30. The Morgan fingerprint density at radius 1 is 1.67 bits per heavy atom. The van der Waals surface area contributed by atoms with Crippen molar-refractivity contribution in [1.29, 1.82) is 0 Å². The third-order valence-corrected chi connectivity index (χ3v) is 1.84. The van der Waals surface area contributed by atoms with Crippen molar-refractivity contribution in [2.45, 2.75) is 31.0 Å². The van der Waals surface area contributed by atoms with Crippen molar-refractivity contribution in [2.24, 2.45) is 0 Å². The Hall–Kier alpha value is -0.200. The van der Waals surface area contributed by atoms with E-state index in [4.69, 9.17) is 16.0 Å². The molecular weight excluding hydrogens is 164 g/mol. The molecule has 0 amide bonds. The fourth-order valence-corrected chi connectivity index (χ4v) is 1.11. The lowest BCUT2D eigenvalue weighted by Gasteiger charge is -2.35. The van der Waals surface area contributed by atoms with E-state index < -0.39 is 31.2 Å². The molecule has 1 aliphatic rings. The van der Waals surface area contributed by atoms with E-state index in [1.165, 1.54) is 7.11 Å². The molecule has 0 aromatic rings. The molecule has 5 heteroatoms. The van der Waals surface area contributed by atoms with Gasteiger partial charge in [-0.15, -0.1) is 0 Å². The molecular formula is C7H14O5. The van der Waals surface area contributed by atoms with Gasteiger partial charge in [-0.2, -0.15) is 0 Å². The van der Waals surface area contributed by atoms with Gasteiger partial charge in [0.05, 0.1) is 14.1 Å². The highest BCUT2D eigenvalue weighted by molar-refractivity contribution is 4.81. The molecule has 0 aromatic heterocycles. The molecule has 0 unspecified atom stereocenters. The number of rotatable bonds is 2. The molecule has 5 nitrogen and oxygen atoms in total. The molecule has 72 valence electrons. The highest BCUT2D eigenvalue weighted by Crippen LogP contribution is 2.20. The van der Waals surface area contributed by atoms with Gasteiger partial charge in [0.15, 0.2) is 6.29 Å². The summed E-state index contributed by atoms with van der Waals surface area (Å²) >= 11 is 0. The quantitative estimate of drug-likeness (QED) is 0.479. The topological polar surface area (TPSA) is 79.2 Å². The van der Waals surface area contributed by atoms with Crippen LogP contribution >= 0.6 is 0 Å². The first kappa shape index (κ1) is 8.40. The van der Waals surface area contributed by atoms with E-state index in [2.05, 4.69) is 0 Å². The molecule has 0 spiro atoms. The number of ether oxygens (including phenoxy) is 2. The molecule has 1 saturated heterocycles. The standard InChI is InChI=1S/C7H14O5/c1-11-6-2-4(9)7(10)5(3-8)12-6/h4-10H,2-3H2,1H3/t4-,5+,6-,7-/m0/s1/i4D. The molecule has 3 N–H and O–H groups in total. The van der Waals surface area contributed by atoms with Crippen molar-refractivity contribution < 1.29 is 26.2 Å². The van der Waals surface area contributed by atoms with Crippen LogP contribution in [0.15, 0.2) is 0 Å². The summed E-state index contributed by atoms with van der Waals surface area (Å²) in [5.41, 5.74) is 0. The minimum absolute atomic E-state index is 0.138. The first-order chi connectivity index (χ1) is 6.01. The van der Waals surface area contributed by atoms with Crippen LogP contribution in [-0.2, 0) is 9.47 Å². The summed E-state index contributed by atoms with van der Waals surface area (Å²) in [7, 11) is 1.37. The van der Waals surface area contributed by atoms with Gasteiger partial charge in [-0.05, 0) is 0 Å². The molecule has 0 bridgehead atoms. The van der Waals surface area contributed by atoms with Gasteiger partial charge in [0.1, 0.15) is 12.2 Å². The zero-order valence-electron chi connectivity index (χ0n) is 7.80. The Balaban J connectivity index is 2.69. The molecule has 1 aliphatic heterocycles. The number of aliphatic hydroxyl groups excluding tert-OH is 2. The van der Waals surface area contributed by atoms with Crippen molar-refractivity contribution in [3.05, 3.63) is 0 Å². The van der Waals surface area contributed by atoms with Gasteiger partial charge in [-0.3, -0.25) is 0 Å². The minimum Gasteiger partial charge on any atom is -0.394 e. The van der Waals surface area contributed by atoms with Crippen molar-refractivity contribution in [3.63, 3.8) is 0 Å². The molecule has 1 rings (SSSR count). The van der Waals surface area contributed by atoms with Gasteiger partial charge < -0.3 is 24.8 Å². The molecule has 1 heterocycles. The lowest BCUT2D eigenvalue weighted by atomic mass is 10.0. The van der Waals surface area contributed by atoms with E-state index in [-0.39, 0.29) is 6.42 Å². The molecule has 4 atom stereocenters. The number of aliphatic hydroxyl groups is 3. The molecule has 12 heavy (non-hydrogen) atoms. The Kier molecular flexibility index (Phi) is 2.91. The SMILES string of the molecule is [2H][C@]1(O)C[C@@H](OC)O[C@H](CO)[C@H]1O. The van der Waals surface area contributed by atoms with Crippen molar-refractivity contribution >= 4 is 0 Å². The van der Waals surface area contributed by atoms with Crippen LogP contribution < -0.4 is 0 Å². The molecule has 0 aromatic carbocycles. The highest BCUT2D eigenvalue weighted by Gasteiger charge is 2.36. The first-order valence-corrected chi connectivity index (χ1v) is 3.71. The van der Waals surface area contributed by atoms with Crippen LogP contribution in [0.5, 0.6) is 0 Å². The predicted octanol–water partition coefficient (Wildman–Crippen LogP) is -1.54. The lowest BCUT2D eigenvalue weighted by molar-refractivity contribution is -0.248. The maximum atomic E-state index is 9.39. The van der Waals surface area contributed by atoms with Crippen LogP contribution in [0.4, 0.5) is 0 Å². The fraction of sp³-hybridized carbons (Fsp3) is 1.00. The van der Waals surface area contributed by atoms with Gasteiger partial charge >= 0.3 is 0 Å². The second-order valence-corrected chi connectivity index (χ2v) is 2.66. The van der Waals surface area contributed by atoms with E-state index in [0.29, 0.717) is 0 Å². The number of hydrogen-bond donors (Lipinski definition) is 3. The first-order valence-electron chi connectivity index (χ1n) is 4.21. The zero-order valence-corrected chi connectivity index (χ0v) is 6.80. The van der Waals surface area contributed by atoms with Crippen LogP contribution in [-0.4, -0.2) is 53.6 Å². The second-order valence-electron chi connectivity index (χ2n) is 2.66. The Labute approximate surface area is 71.9 Å². The van der Waals surface area contributed by atoms with Crippen LogP contribution in [0.3, 0.4) is 0 Å². The van der Waals surface area contributed by atoms with Crippen molar-refractivity contribution in [3.8, 4) is 0 Å². The summed E-state index contributed by atoms with van der Waals surface area (Å²) in [5.74, 6) is 0. The predicted molar refractivity (Wildman–Crippen MR) is 39.4 cm³/mol. The molecule has 1 fully saturated rings. The fourth-order valence-electron chi connectivity index (χ4n) is 1.11. The third kappa shape index (κ3) is 1.94. The van der Waals surface area contributed by atoms with Crippen LogP contribution in [0.25, 0.3) is 0 Å². The van der Waals surface area contributed by atoms with Gasteiger partial charge in [-0.25, -0.2) is 0 Å². The molecule has 0 saturated carbocycles. The van der Waals surface area contributed by atoms with Crippen molar-refractivity contribution in [1.82, 2.24) is 0 Å². The van der Waals surface area contributed by atoms with E-state index in [0.717, 1.165) is 0 Å². The summed E-state index contributed by atoms with van der Waals surface area (Å²) < 4.78 is 17.1. The minimum atomic E-state index is -2.02. The van der Waals surface area contributed by atoms with Gasteiger partial charge in [-0.1, -0.05) is 0 Å². The third-order valence-electron chi connectivity index (χ3n) is 1.84. The second kappa shape index (κ2) is 4.15. The maximum absolute atomic E-state index is 9.39. The van der Waals surface area contributed by atoms with Gasteiger partial charge in [0, 0.05) is 13.5 Å². The van der Waals surface area contributed by atoms with Crippen LogP contribution in [0.2, 0.25) is 0 Å². The Morgan fingerprint density at radius 3 is 2.83 bits per heavy atom. The van der Waals surface area contributed by atoms with E-state index in [1.54, 1.807) is 0 Å². The number of hydrogen-bond acceptors (Lipinski definition) is 5. The Morgan fingerprint density at radius 2 is 2.33 bits per heavy atom. The highest BCUT2D eigenvalue weighted by atomic mass is 16.7. The van der Waals surface area contributed by atoms with Crippen molar-refractivity contribution in [2.75, 3.05) is 13.7 Å². The smallest absolute Gasteiger partial charge is 0.160 e. The van der Waals surface area contributed by atoms with Crippen LogP contribution in [0, 0.1) is 0 Å². The molecule has 0 radical (unpaired) electrons. The van der Waals surface area contributed by atoms with Gasteiger partial charge in [0.2, 0.25) is 0 Å². The van der Waals surface area contributed by atoms with E-state index in [9.17, 15) is 10.2 Å². The van der Waals surface area contributed by atoms with E-state index in [1.807, 2.05) is 0 Å². The van der Waals surface area contributed by atoms with Crippen LogP contribution in [0.1, 0.15) is 7.79 Å². The summed E-state index contributed by atoms with van der Waals surface area (Å²) in [5, 5.41) is 27.5. The van der Waals surface area contributed by atoms with E-state index >= 15 is 0 Å².